The van der Waals surface area contributed by atoms with Crippen LogP contribution in [0.3, 0.4) is 0 Å². The van der Waals surface area contributed by atoms with Gasteiger partial charge in [-0.25, -0.2) is 4.98 Å². The standard InChI is InChI=1S/C14H19N3O2S/c1-4-10(2)12-5-7-13(8-6-12)17-20(18,19)14-9-15-11(3)16-14/h5-10,17H,4H2,1-3H3,(H,15,16). The van der Waals surface area contributed by atoms with Crippen molar-refractivity contribution in [3.8, 4) is 0 Å². The van der Waals surface area contributed by atoms with Gasteiger partial charge in [0.25, 0.3) is 10.0 Å². The maximum atomic E-state index is 12.1. The van der Waals surface area contributed by atoms with E-state index in [1.165, 1.54) is 11.8 Å². The van der Waals surface area contributed by atoms with Crippen molar-refractivity contribution < 1.29 is 8.42 Å². The van der Waals surface area contributed by atoms with E-state index in [1.54, 1.807) is 19.1 Å². The monoisotopic (exact) mass is 293 g/mol. The van der Waals surface area contributed by atoms with E-state index in [9.17, 15) is 8.42 Å². The van der Waals surface area contributed by atoms with Crippen molar-refractivity contribution in [1.29, 1.82) is 0 Å². The largest absolute Gasteiger partial charge is 0.332 e. The Labute approximate surface area is 119 Å². The second kappa shape index (κ2) is 5.66. The summed E-state index contributed by atoms with van der Waals surface area (Å²) in [7, 11) is -3.60. The highest BCUT2D eigenvalue weighted by Crippen LogP contribution is 2.21. The normalized spacial score (nSPS) is 13.2. The van der Waals surface area contributed by atoms with Crippen molar-refractivity contribution in [3.63, 3.8) is 0 Å². The first-order valence-electron chi connectivity index (χ1n) is 6.56. The minimum Gasteiger partial charge on any atom is -0.332 e. The number of sulfonamides is 1. The molecule has 1 aromatic carbocycles. The zero-order valence-corrected chi connectivity index (χ0v) is 12.7. The van der Waals surface area contributed by atoms with Crippen molar-refractivity contribution in [2.45, 2.75) is 38.1 Å². The number of aromatic amines is 1. The second-order valence-corrected chi connectivity index (χ2v) is 6.52. The van der Waals surface area contributed by atoms with E-state index >= 15 is 0 Å². The van der Waals surface area contributed by atoms with E-state index in [0.717, 1.165) is 6.42 Å². The van der Waals surface area contributed by atoms with Gasteiger partial charge in [0.1, 0.15) is 5.82 Å². The molecule has 2 N–H and O–H groups in total. The summed E-state index contributed by atoms with van der Waals surface area (Å²) in [6.07, 6.45) is 2.36. The molecule has 6 heteroatoms. The minimum absolute atomic E-state index is 0.0704. The Bertz CT molecular complexity index is 675. The Morgan fingerprint density at radius 2 is 1.95 bits per heavy atom. The lowest BCUT2D eigenvalue weighted by Crippen LogP contribution is -2.13. The van der Waals surface area contributed by atoms with Crippen molar-refractivity contribution in [3.05, 3.63) is 41.9 Å². The zero-order valence-electron chi connectivity index (χ0n) is 11.8. The van der Waals surface area contributed by atoms with E-state index in [1.807, 2.05) is 12.1 Å². The first-order valence-corrected chi connectivity index (χ1v) is 8.05. The molecule has 0 saturated heterocycles. The molecular weight excluding hydrogens is 274 g/mol. The van der Waals surface area contributed by atoms with Crippen LogP contribution in [0.5, 0.6) is 0 Å². The smallest absolute Gasteiger partial charge is 0.278 e. The SMILES string of the molecule is CCC(C)c1ccc(NS(=O)(=O)c2cnc(C)[nH]2)cc1. The molecule has 0 aliphatic carbocycles. The second-order valence-electron chi connectivity index (χ2n) is 4.87. The molecular formula is C14H19N3O2S. The molecule has 1 atom stereocenters. The van der Waals surface area contributed by atoms with Gasteiger partial charge in [0.05, 0.1) is 6.20 Å². The number of imidazole rings is 1. The summed E-state index contributed by atoms with van der Waals surface area (Å²) in [5, 5.41) is 0.0704. The summed E-state index contributed by atoms with van der Waals surface area (Å²) in [5.74, 6) is 1.04. The van der Waals surface area contributed by atoms with Crippen LogP contribution >= 0.6 is 0 Å². The Kier molecular flexibility index (Phi) is 4.13. The van der Waals surface area contributed by atoms with Crippen LogP contribution in [0.15, 0.2) is 35.5 Å². The van der Waals surface area contributed by atoms with Crippen LogP contribution in [0.4, 0.5) is 5.69 Å². The third-order valence-corrected chi connectivity index (χ3v) is 4.60. The summed E-state index contributed by atoms with van der Waals surface area (Å²) < 4.78 is 26.7. The van der Waals surface area contributed by atoms with Crippen molar-refractivity contribution >= 4 is 15.7 Å². The summed E-state index contributed by atoms with van der Waals surface area (Å²) in [4.78, 5) is 6.61. The molecule has 5 nitrogen and oxygen atoms in total. The number of rotatable bonds is 5. The predicted octanol–water partition coefficient (Wildman–Crippen LogP) is 3.03. The molecule has 1 heterocycles. The van der Waals surface area contributed by atoms with Crippen molar-refractivity contribution in [2.75, 3.05) is 4.72 Å². The number of aryl methyl sites for hydroxylation is 1. The lowest BCUT2D eigenvalue weighted by Gasteiger charge is -2.10. The number of hydrogen-bond acceptors (Lipinski definition) is 3. The van der Waals surface area contributed by atoms with Gasteiger partial charge in [0.15, 0.2) is 5.03 Å². The molecule has 0 aliphatic rings. The molecule has 1 unspecified atom stereocenters. The van der Waals surface area contributed by atoms with Gasteiger partial charge in [0.2, 0.25) is 0 Å². The molecule has 2 aromatic rings. The molecule has 0 aliphatic heterocycles. The number of nitrogens with one attached hydrogen (secondary N) is 2. The van der Waals surface area contributed by atoms with E-state index in [4.69, 9.17) is 0 Å². The van der Waals surface area contributed by atoms with Crippen LogP contribution in [0.25, 0.3) is 0 Å². The van der Waals surface area contributed by atoms with E-state index in [0.29, 0.717) is 17.4 Å². The Balaban J connectivity index is 2.18. The lowest BCUT2D eigenvalue weighted by atomic mass is 9.99. The predicted molar refractivity (Wildman–Crippen MR) is 79.3 cm³/mol. The van der Waals surface area contributed by atoms with Crippen LogP contribution < -0.4 is 4.72 Å². The van der Waals surface area contributed by atoms with Crippen LogP contribution in [0, 0.1) is 6.92 Å². The van der Waals surface area contributed by atoms with Gasteiger partial charge in [0, 0.05) is 5.69 Å². The van der Waals surface area contributed by atoms with E-state index in [-0.39, 0.29) is 5.03 Å². The summed E-state index contributed by atoms with van der Waals surface area (Å²) in [6, 6.07) is 7.46. The summed E-state index contributed by atoms with van der Waals surface area (Å²) >= 11 is 0. The maximum absolute atomic E-state index is 12.1. The number of nitrogens with zero attached hydrogens (tertiary/aromatic N) is 1. The molecule has 108 valence electrons. The van der Waals surface area contributed by atoms with Gasteiger partial charge in [-0.05, 0) is 37.0 Å². The average molecular weight is 293 g/mol. The fourth-order valence-electron chi connectivity index (χ4n) is 1.86. The van der Waals surface area contributed by atoms with Crippen LogP contribution in [-0.2, 0) is 10.0 Å². The molecule has 0 bridgehead atoms. The zero-order chi connectivity index (χ0) is 14.8. The Morgan fingerprint density at radius 1 is 1.30 bits per heavy atom. The molecule has 0 radical (unpaired) electrons. The van der Waals surface area contributed by atoms with Crippen molar-refractivity contribution in [2.24, 2.45) is 0 Å². The van der Waals surface area contributed by atoms with Gasteiger partial charge in [-0.15, -0.1) is 0 Å². The van der Waals surface area contributed by atoms with Crippen molar-refractivity contribution in [1.82, 2.24) is 9.97 Å². The van der Waals surface area contributed by atoms with Gasteiger partial charge in [-0.1, -0.05) is 26.0 Å². The average Bonchev–Trinajstić information content (AvgIpc) is 2.86. The molecule has 2 rings (SSSR count). The summed E-state index contributed by atoms with van der Waals surface area (Å²) in [5.41, 5.74) is 1.75. The number of hydrogen-bond donors (Lipinski definition) is 2. The Morgan fingerprint density at radius 3 is 2.45 bits per heavy atom. The fourth-order valence-corrected chi connectivity index (χ4v) is 2.89. The third kappa shape index (κ3) is 3.19. The van der Waals surface area contributed by atoms with Crippen LogP contribution in [0.1, 0.15) is 37.6 Å². The number of anilines is 1. The van der Waals surface area contributed by atoms with E-state index < -0.39 is 10.0 Å². The number of benzene rings is 1. The first-order chi connectivity index (χ1) is 9.42. The molecule has 0 saturated carbocycles. The fraction of sp³-hybridized carbons (Fsp3) is 0.357. The highest BCUT2D eigenvalue weighted by molar-refractivity contribution is 7.92. The van der Waals surface area contributed by atoms with E-state index in [2.05, 4.69) is 28.5 Å². The molecule has 20 heavy (non-hydrogen) atoms. The highest BCUT2D eigenvalue weighted by Gasteiger charge is 2.16. The highest BCUT2D eigenvalue weighted by atomic mass is 32.2. The quantitative estimate of drug-likeness (QED) is 0.889. The number of aromatic nitrogens is 2. The molecule has 0 amide bonds. The van der Waals surface area contributed by atoms with Gasteiger partial charge in [-0.3, -0.25) is 4.72 Å². The third-order valence-electron chi connectivity index (χ3n) is 3.31. The molecule has 1 aromatic heterocycles. The summed E-state index contributed by atoms with van der Waals surface area (Å²) in [6.45, 7) is 5.98. The maximum Gasteiger partial charge on any atom is 0.278 e. The van der Waals surface area contributed by atoms with Crippen LogP contribution in [-0.4, -0.2) is 18.4 Å². The van der Waals surface area contributed by atoms with Gasteiger partial charge >= 0.3 is 0 Å². The molecule has 0 spiro atoms. The molecule has 0 fully saturated rings. The van der Waals surface area contributed by atoms with Gasteiger partial charge < -0.3 is 4.98 Å². The topological polar surface area (TPSA) is 74.8 Å². The van der Waals surface area contributed by atoms with Crippen LogP contribution in [0.2, 0.25) is 0 Å². The Hall–Kier alpha value is -1.82. The minimum atomic E-state index is -3.60. The lowest BCUT2D eigenvalue weighted by molar-refractivity contribution is 0.598. The first kappa shape index (κ1) is 14.6. The van der Waals surface area contributed by atoms with Gasteiger partial charge in [-0.2, -0.15) is 8.42 Å². The number of H-pyrrole nitrogens is 1.